The monoisotopic (exact) mass is 393 g/mol. The van der Waals surface area contributed by atoms with Crippen LogP contribution in [0.25, 0.3) is 0 Å². The molecule has 0 saturated heterocycles. The Morgan fingerprint density at radius 1 is 1.25 bits per heavy atom. The fourth-order valence-corrected chi connectivity index (χ4v) is 2.41. The highest BCUT2D eigenvalue weighted by atomic mass is 127. The lowest BCUT2D eigenvalue weighted by Gasteiger charge is -2.17. The molecule has 0 aromatic carbocycles. The molecule has 1 N–H and O–H groups in total. The van der Waals surface area contributed by atoms with Crippen LogP contribution in [0.3, 0.4) is 0 Å². The van der Waals surface area contributed by atoms with E-state index in [1.54, 1.807) is 7.11 Å². The number of hydrogen-bond donors (Lipinski definition) is 1. The van der Waals surface area contributed by atoms with Crippen LogP contribution in [0.1, 0.15) is 51.2 Å². The van der Waals surface area contributed by atoms with Crippen molar-refractivity contribution in [1.29, 1.82) is 0 Å². The summed E-state index contributed by atoms with van der Waals surface area (Å²) in [6.45, 7) is 8.23. The van der Waals surface area contributed by atoms with Gasteiger partial charge in [-0.3, -0.25) is 0 Å². The van der Waals surface area contributed by atoms with E-state index in [0.717, 1.165) is 40.3 Å². The fraction of sp³-hybridized carbons (Fsp3) is 0.714. The van der Waals surface area contributed by atoms with Gasteiger partial charge in [0.05, 0.1) is 15.9 Å². The Hall–Kier alpha value is -0.470. The Kier molecular flexibility index (Phi) is 8.32. The highest BCUT2D eigenvalue weighted by molar-refractivity contribution is 14.1. The molecular formula is C14H24IN3O2. The summed E-state index contributed by atoms with van der Waals surface area (Å²) < 4.78 is 12.0. The van der Waals surface area contributed by atoms with E-state index in [2.05, 4.69) is 51.7 Å². The summed E-state index contributed by atoms with van der Waals surface area (Å²) >= 11 is 2.27. The van der Waals surface area contributed by atoms with Gasteiger partial charge in [0.2, 0.25) is 0 Å². The first-order chi connectivity index (χ1) is 9.67. The fourth-order valence-electron chi connectivity index (χ4n) is 1.83. The molecule has 1 atom stereocenters. The lowest BCUT2D eigenvalue weighted by molar-refractivity contribution is 0.0530. The molecule has 0 saturated carbocycles. The maximum absolute atomic E-state index is 5.71. The van der Waals surface area contributed by atoms with Gasteiger partial charge in [0, 0.05) is 20.3 Å². The van der Waals surface area contributed by atoms with Crippen molar-refractivity contribution in [2.24, 2.45) is 0 Å². The van der Waals surface area contributed by atoms with Crippen molar-refractivity contribution in [3.63, 3.8) is 0 Å². The number of rotatable bonds is 9. The Morgan fingerprint density at radius 3 is 2.55 bits per heavy atom. The second-order valence-corrected chi connectivity index (χ2v) is 5.48. The van der Waals surface area contributed by atoms with Crippen molar-refractivity contribution in [2.45, 2.75) is 46.3 Å². The zero-order valence-electron chi connectivity index (χ0n) is 12.7. The van der Waals surface area contributed by atoms with Gasteiger partial charge in [-0.2, -0.15) is 0 Å². The van der Waals surface area contributed by atoms with E-state index in [1.165, 1.54) is 0 Å². The molecule has 114 valence electrons. The predicted octanol–water partition coefficient (Wildman–Crippen LogP) is 3.54. The van der Waals surface area contributed by atoms with Crippen LogP contribution in [0.5, 0.6) is 0 Å². The molecule has 0 aliphatic rings. The Labute approximate surface area is 135 Å². The smallest absolute Gasteiger partial charge is 0.159 e. The quantitative estimate of drug-likeness (QED) is 0.651. The summed E-state index contributed by atoms with van der Waals surface area (Å²) in [6, 6.07) is 0. The summed E-state index contributed by atoms with van der Waals surface area (Å²) in [5.74, 6) is 1.61. The lowest BCUT2D eigenvalue weighted by Crippen LogP contribution is -2.15. The van der Waals surface area contributed by atoms with Crippen molar-refractivity contribution in [1.82, 2.24) is 9.97 Å². The number of halogens is 1. The zero-order chi connectivity index (χ0) is 15.0. The third kappa shape index (κ3) is 4.82. The molecule has 1 aromatic heterocycles. The van der Waals surface area contributed by atoms with Crippen LogP contribution in [-0.4, -0.2) is 30.2 Å². The molecule has 0 spiro atoms. The molecule has 0 fully saturated rings. The minimum Gasteiger partial charge on any atom is -0.378 e. The summed E-state index contributed by atoms with van der Waals surface area (Å²) in [5, 5.41) is 3.35. The van der Waals surface area contributed by atoms with Gasteiger partial charge in [0.1, 0.15) is 11.9 Å². The highest BCUT2D eigenvalue weighted by Gasteiger charge is 2.18. The first-order valence-corrected chi connectivity index (χ1v) is 8.16. The van der Waals surface area contributed by atoms with Crippen LogP contribution in [0, 0.1) is 3.57 Å². The topological polar surface area (TPSA) is 56.3 Å². The number of nitrogens with zero attached hydrogens (tertiary/aromatic N) is 2. The van der Waals surface area contributed by atoms with E-state index in [0.29, 0.717) is 13.2 Å². The van der Waals surface area contributed by atoms with Crippen LogP contribution in [-0.2, 0) is 16.1 Å². The van der Waals surface area contributed by atoms with Gasteiger partial charge >= 0.3 is 0 Å². The number of hydrogen-bond acceptors (Lipinski definition) is 5. The van der Waals surface area contributed by atoms with Crippen molar-refractivity contribution >= 4 is 28.4 Å². The standard InChI is InChI=1S/C14H24IN3O2/c1-5-8-16-14-12(15)10(9-19-4)17-13(18-14)11(6-2)20-7-3/h11H,5-9H2,1-4H3,(H,16,17,18). The first-order valence-electron chi connectivity index (χ1n) is 7.08. The Morgan fingerprint density at radius 2 is 2.00 bits per heavy atom. The molecule has 1 aromatic rings. The van der Waals surface area contributed by atoms with Gasteiger partial charge in [-0.15, -0.1) is 0 Å². The highest BCUT2D eigenvalue weighted by Crippen LogP contribution is 2.25. The molecule has 1 rings (SSSR count). The van der Waals surface area contributed by atoms with Crippen molar-refractivity contribution < 1.29 is 9.47 Å². The van der Waals surface area contributed by atoms with E-state index < -0.39 is 0 Å². The maximum Gasteiger partial charge on any atom is 0.159 e. The average Bonchev–Trinajstić information content (AvgIpc) is 2.46. The van der Waals surface area contributed by atoms with Gasteiger partial charge in [0.25, 0.3) is 0 Å². The van der Waals surface area contributed by atoms with Crippen LogP contribution in [0.2, 0.25) is 0 Å². The van der Waals surface area contributed by atoms with Crippen molar-refractivity contribution in [2.75, 3.05) is 25.6 Å². The number of nitrogens with one attached hydrogen (secondary N) is 1. The molecule has 0 aliphatic heterocycles. The number of methoxy groups -OCH3 is 1. The molecule has 0 bridgehead atoms. The van der Waals surface area contributed by atoms with E-state index in [-0.39, 0.29) is 6.10 Å². The lowest BCUT2D eigenvalue weighted by atomic mass is 10.2. The van der Waals surface area contributed by atoms with Crippen LogP contribution in [0.15, 0.2) is 0 Å². The van der Waals surface area contributed by atoms with E-state index in [4.69, 9.17) is 9.47 Å². The summed E-state index contributed by atoms with van der Waals surface area (Å²) in [6.07, 6.45) is 1.85. The Bertz CT molecular complexity index is 416. The minimum absolute atomic E-state index is 0.0604. The number of ether oxygens (including phenoxy) is 2. The largest absolute Gasteiger partial charge is 0.378 e. The van der Waals surface area contributed by atoms with Gasteiger partial charge in [-0.25, -0.2) is 9.97 Å². The molecule has 5 nitrogen and oxygen atoms in total. The Balaban J connectivity index is 3.12. The molecule has 0 amide bonds. The second-order valence-electron chi connectivity index (χ2n) is 4.40. The van der Waals surface area contributed by atoms with Gasteiger partial charge in [0.15, 0.2) is 5.82 Å². The second kappa shape index (κ2) is 9.46. The van der Waals surface area contributed by atoms with E-state index in [1.807, 2.05) is 6.92 Å². The normalized spacial score (nSPS) is 12.4. The van der Waals surface area contributed by atoms with Crippen molar-refractivity contribution in [3.8, 4) is 0 Å². The van der Waals surface area contributed by atoms with Gasteiger partial charge < -0.3 is 14.8 Å². The molecule has 1 unspecified atom stereocenters. The van der Waals surface area contributed by atoms with Crippen LogP contribution in [0.4, 0.5) is 5.82 Å². The molecule has 6 heteroatoms. The molecule has 0 aliphatic carbocycles. The summed E-state index contributed by atoms with van der Waals surface area (Å²) in [5.41, 5.74) is 0.912. The number of aromatic nitrogens is 2. The summed E-state index contributed by atoms with van der Waals surface area (Å²) in [7, 11) is 1.68. The third-order valence-electron chi connectivity index (χ3n) is 2.79. The van der Waals surface area contributed by atoms with Crippen molar-refractivity contribution in [3.05, 3.63) is 15.1 Å². The van der Waals surface area contributed by atoms with E-state index >= 15 is 0 Å². The summed E-state index contributed by atoms with van der Waals surface area (Å²) in [4.78, 5) is 9.24. The average molecular weight is 393 g/mol. The maximum atomic E-state index is 5.71. The molecule has 0 radical (unpaired) electrons. The van der Waals surface area contributed by atoms with E-state index in [9.17, 15) is 0 Å². The molecule has 20 heavy (non-hydrogen) atoms. The molecule has 1 heterocycles. The predicted molar refractivity (Wildman–Crippen MR) is 88.9 cm³/mol. The minimum atomic E-state index is -0.0604. The molecular weight excluding hydrogens is 369 g/mol. The first kappa shape index (κ1) is 17.6. The third-order valence-corrected chi connectivity index (χ3v) is 3.92. The van der Waals surface area contributed by atoms with Crippen LogP contribution < -0.4 is 5.32 Å². The number of anilines is 1. The van der Waals surface area contributed by atoms with Gasteiger partial charge in [-0.05, 0) is 42.4 Å². The van der Waals surface area contributed by atoms with Gasteiger partial charge in [-0.1, -0.05) is 13.8 Å². The zero-order valence-corrected chi connectivity index (χ0v) is 14.9. The SMILES string of the molecule is CCCNc1nc(C(CC)OCC)nc(COC)c1I. The van der Waals surface area contributed by atoms with Crippen LogP contribution >= 0.6 is 22.6 Å².